The Bertz CT molecular complexity index is 419. The zero-order valence-corrected chi connectivity index (χ0v) is 8.66. The van der Waals surface area contributed by atoms with Crippen LogP contribution < -0.4 is 5.73 Å². The van der Waals surface area contributed by atoms with Gasteiger partial charge in [0.25, 0.3) is 0 Å². The third-order valence-electron chi connectivity index (χ3n) is 1.79. The summed E-state index contributed by atoms with van der Waals surface area (Å²) < 4.78 is 5.99. The molecule has 0 amide bonds. The molecule has 0 fully saturated rings. The highest BCUT2D eigenvalue weighted by molar-refractivity contribution is 7.09. The molecule has 2 rings (SSSR count). The fourth-order valence-electron chi connectivity index (χ4n) is 1.18. The number of hydrogen-bond acceptors (Lipinski definition) is 5. The molecular weight excluding hydrogens is 198 g/mol. The second-order valence-corrected chi connectivity index (χ2v) is 3.73. The van der Waals surface area contributed by atoms with Crippen molar-refractivity contribution in [3.05, 3.63) is 12.4 Å². The van der Waals surface area contributed by atoms with Crippen LogP contribution in [0.1, 0.15) is 13.3 Å². The van der Waals surface area contributed by atoms with E-state index in [1.54, 1.807) is 6.20 Å². The number of hydrogen-bond donors (Lipinski definition) is 1. The zero-order chi connectivity index (χ0) is 9.97. The topological polar surface area (TPSA) is 69.6 Å². The lowest BCUT2D eigenvalue weighted by molar-refractivity contribution is 0.603. The second kappa shape index (κ2) is 3.75. The van der Waals surface area contributed by atoms with Gasteiger partial charge in [0.2, 0.25) is 0 Å². The first kappa shape index (κ1) is 9.14. The molecule has 74 valence electrons. The zero-order valence-electron chi connectivity index (χ0n) is 7.84. The van der Waals surface area contributed by atoms with E-state index >= 15 is 0 Å². The molecule has 0 unspecified atom stereocenters. The van der Waals surface area contributed by atoms with Crippen molar-refractivity contribution in [3.8, 4) is 11.4 Å². The Kier molecular flexibility index (Phi) is 2.45. The number of anilines is 1. The molecule has 6 heteroatoms. The molecule has 2 heterocycles. The summed E-state index contributed by atoms with van der Waals surface area (Å²) >= 11 is 1.20. The largest absolute Gasteiger partial charge is 0.374 e. The average molecular weight is 209 g/mol. The minimum atomic E-state index is 0.489. The lowest BCUT2D eigenvalue weighted by Gasteiger charge is -1.93. The van der Waals surface area contributed by atoms with Crippen molar-refractivity contribution >= 4 is 16.7 Å². The minimum Gasteiger partial charge on any atom is -0.374 e. The monoisotopic (exact) mass is 209 g/mol. The number of nitrogen functional groups attached to an aromatic ring is 1. The van der Waals surface area contributed by atoms with Crippen LogP contribution in [0.3, 0.4) is 0 Å². The van der Waals surface area contributed by atoms with Gasteiger partial charge in [0, 0.05) is 24.3 Å². The molecule has 14 heavy (non-hydrogen) atoms. The van der Waals surface area contributed by atoms with E-state index < -0.39 is 0 Å². The summed E-state index contributed by atoms with van der Waals surface area (Å²) in [6.07, 6.45) is 4.76. The summed E-state index contributed by atoms with van der Waals surface area (Å²) in [6, 6.07) is 0. The molecule has 0 aliphatic rings. The van der Waals surface area contributed by atoms with Crippen molar-refractivity contribution in [1.29, 1.82) is 0 Å². The van der Waals surface area contributed by atoms with Gasteiger partial charge in [-0.3, -0.25) is 4.68 Å². The Morgan fingerprint density at radius 1 is 1.57 bits per heavy atom. The first-order valence-electron chi connectivity index (χ1n) is 4.41. The van der Waals surface area contributed by atoms with Gasteiger partial charge in [-0.15, -0.1) is 0 Å². The lowest BCUT2D eigenvalue weighted by Crippen LogP contribution is -1.95. The predicted molar refractivity (Wildman–Crippen MR) is 55.8 cm³/mol. The first-order chi connectivity index (χ1) is 6.79. The van der Waals surface area contributed by atoms with Gasteiger partial charge in [-0.2, -0.15) is 14.5 Å². The molecule has 0 spiro atoms. The van der Waals surface area contributed by atoms with Crippen LogP contribution in [0, 0.1) is 0 Å². The number of rotatable bonds is 3. The Morgan fingerprint density at radius 2 is 2.43 bits per heavy atom. The third-order valence-corrected chi connectivity index (χ3v) is 2.33. The van der Waals surface area contributed by atoms with Crippen molar-refractivity contribution in [3.63, 3.8) is 0 Å². The maximum atomic E-state index is 5.50. The van der Waals surface area contributed by atoms with Crippen LogP contribution in [0.4, 0.5) is 5.13 Å². The molecule has 0 aliphatic heterocycles. The van der Waals surface area contributed by atoms with Gasteiger partial charge in [0.05, 0.1) is 11.8 Å². The van der Waals surface area contributed by atoms with E-state index in [1.807, 2.05) is 10.9 Å². The van der Waals surface area contributed by atoms with Gasteiger partial charge in [-0.1, -0.05) is 6.92 Å². The highest BCUT2D eigenvalue weighted by Gasteiger charge is 2.06. The van der Waals surface area contributed by atoms with Crippen LogP contribution in [0.5, 0.6) is 0 Å². The van der Waals surface area contributed by atoms with Crippen LogP contribution in [0.25, 0.3) is 11.4 Å². The van der Waals surface area contributed by atoms with Gasteiger partial charge in [-0.05, 0) is 6.42 Å². The maximum absolute atomic E-state index is 5.50. The molecule has 0 radical (unpaired) electrons. The minimum absolute atomic E-state index is 0.489. The molecule has 0 bridgehead atoms. The summed E-state index contributed by atoms with van der Waals surface area (Å²) in [6.45, 7) is 3.03. The molecule has 5 nitrogen and oxygen atoms in total. The Morgan fingerprint density at radius 3 is 3.07 bits per heavy atom. The highest BCUT2D eigenvalue weighted by Crippen LogP contribution is 2.18. The second-order valence-electron chi connectivity index (χ2n) is 2.95. The van der Waals surface area contributed by atoms with Crippen LogP contribution in [0.15, 0.2) is 12.4 Å². The number of nitrogens with two attached hydrogens (primary N) is 1. The SMILES string of the molecule is CCCn1cc(-c2nsc(N)n2)cn1. The van der Waals surface area contributed by atoms with E-state index in [9.17, 15) is 0 Å². The van der Waals surface area contributed by atoms with Crippen molar-refractivity contribution in [2.75, 3.05) is 5.73 Å². The summed E-state index contributed by atoms with van der Waals surface area (Å²) in [4.78, 5) is 4.09. The summed E-state index contributed by atoms with van der Waals surface area (Å²) in [5.41, 5.74) is 6.42. The number of nitrogens with zero attached hydrogens (tertiary/aromatic N) is 4. The molecule has 0 saturated carbocycles. The molecule has 2 N–H and O–H groups in total. The van der Waals surface area contributed by atoms with E-state index in [-0.39, 0.29) is 0 Å². The number of aryl methyl sites for hydroxylation is 1. The van der Waals surface area contributed by atoms with Crippen LogP contribution >= 0.6 is 11.5 Å². The molecule has 0 atom stereocenters. The molecule has 2 aromatic heterocycles. The molecule has 0 saturated heterocycles. The standard InChI is InChI=1S/C8H11N5S/c1-2-3-13-5-6(4-10-13)7-11-8(9)14-12-7/h4-5H,2-3H2,1H3,(H2,9,11,12). The third kappa shape index (κ3) is 1.74. The summed E-state index contributed by atoms with van der Waals surface area (Å²) in [7, 11) is 0. The predicted octanol–water partition coefficient (Wildman–Crippen LogP) is 1.39. The molecular formula is C8H11N5S. The molecule has 0 aromatic carbocycles. The van der Waals surface area contributed by atoms with E-state index in [0.717, 1.165) is 18.5 Å². The highest BCUT2D eigenvalue weighted by atomic mass is 32.1. The number of aromatic nitrogens is 4. The molecule has 0 aliphatic carbocycles. The van der Waals surface area contributed by atoms with Crippen molar-refractivity contribution in [2.24, 2.45) is 0 Å². The normalized spacial score (nSPS) is 10.6. The van der Waals surface area contributed by atoms with Crippen LogP contribution in [-0.2, 0) is 6.54 Å². The quantitative estimate of drug-likeness (QED) is 0.829. The lowest BCUT2D eigenvalue weighted by atomic mass is 10.3. The molecule has 2 aromatic rings. The van der Waals surface area contributed by atoms with Crippen LogP contribution in [-0.4, -0.2) is 19.1 Å². The van der Waals surface area contributed by atoms with Gasteiger partial charge >= 0.3 is 0 Å². The van der Waals surface area contributed by atoms with Gasteiger partial charge < -0.3 is 5.73 Å². The Balaban J connectivity index is 2.24. The van der Waals surface area contributed by atoms with Crippen molar-refractivity contribution in [1.82, 2.24) is 19.1 Å². The van der Waals surface area contributed by atoms with Crippen LogP contribution in [0.2, 0.25) is 0 Å². The van der Waals surface area contributed by atoms with Gasteiger partial charge in [-0.25, -0.2) is 0 Å². The summed E-state index contributed by atoms with van der Waals surface area (Å²) in [5.74, 6) is 0.662. The Hall–Kier alpha value is -1.43. The smallest absolute Gasteiger partial charge is 0.200 e. The van der Waals surface area contributed by atoms with E-state index in [2.05, 4.69) is 21.4 Å². The summed E-state index contributed by atoms with van der Waals surface area (Å²) in [5, 5.41) is 4.68. The van der Waals surface area contributed by atoms with Crippen molar-refractivity contribution < 1.29 is 0 Å². The first-order valence-corrected chi connectivity index (χ1v) is 5.19. The Labute approximate surface area is 85.8 Å². The fraction of sp³-hybridized carbons (Fsp3) is 0.375. The fourth-order valence-corrected chi connectivity index (χ4v) is 1.64. The average Bonchev–Trinajstić information content (AvgIpc) is 2.74. The van der Waals surface area contributed by atoms with E-state index in [1.165, 1.54) is 11.5 Å². The van der Waals surface area contributed by atoms with Gasteiger partial charge in [0.15, 0.2) is 11.0 Å². The van der Waals surface area contributed by atoms with Crippen molar-refractivity contribution in [2.45, 2.75) is 19.9 Å². The van der Waals surface area contributed by atoms with E-state index in [0.29, 0.717) is 11.0 Å². The maximum Gasteiger partial charge on any atom is 0.200 e. The van der Waals surface area contributed by atoms with Gasteiger partial charge in [0.1, 0.15) is 0 Å². The van der Waals surface area contributed by atoms with E-state index in [4.69, 9.17) is 5.73 Å².